The lowest BCUT2D eigenvalue weighted by Gasteiger charge is -2.28. The molecule has 1 amide bonds. The van der Waals surface area contributed by atoms with Gasteiger partial charge in [0.25, 0.3) is 0 Å². The summed E-state index contributed by atoms with van der Waals surface area (Å²) in [4.78, 5) is 12.4. The van der Waals surface area contributed by atoms with Crippen molar-refractivity contribution in [1.29, 1.82) is 0 Å². The lowest BCUT2D eigenvalue weighted by atomic mass is 9.85. The molecule has 2 N–H and O–H groups in total. The zero-order valence-electron chi connectivity index (χ0n) is 15.5. The Morgan fingerprint density at radius 3 is 2.84 bits per heavy atom. The molecular formula is C19H30N2O4. The molecule has 2 unspecified atom stereocenters. The molecule has 140 valence electrons. The van der Waals surface area contributed by atoms with E-state index in [1.54, 1.807) is 26.4 Å². The van der Waals surface area contributed by atoms with E-state index >= 15 is 0 Å². The van der Waals surface area contributed by atoms with Gasteiger partial charge in [-0.2, -0.15) is 0 Å². The molecule has 0 aliphatic carbocycles. The molecular weight excluding hydrogens is 320 g/mol. The molecule has 2 atom stereocenters. The Morgan fingerprint density at radius 2 is 2.16 bits per heavy atom. The Morgan fingerprint density at radius 1 is 1.32 bits per heavy atom. The minimum Gasteiger partial charge on any atom is -0.493 e. The first kappa shape index (κ1) is 19.5. The van der Waals surface area contributed by atoms with E-state index in [0.717, 1.165) is 13.1 Å². The molecule has 1 aliphatic rings. The Balaban J connectivity index is 1.91. The van der Waals surface area contributed by atoms with Crippen LogP contribution in [0.25, 0.3) is 0 Å². The summed E-state index contributed by atoms with van der Waals surface area (Å²) in [5, 5.41) is 6.38. The standard InChI is InChI=1S/C19H30N2O4/c1-14(15-5-4-8-20-13-15)11-19(22)21-16-6-7-17(24-3)18(12-16)25-10-9-23-2/h6-7,12,14-15,20H,4-5,8-11,13H2,1-3H3,(H,21,22). The lowest BCUT2D eigenvalue weighted by molar-refractivity contribution is -0.117. The zero-order valence-corrected chi connectivity index (χ0v) is 15.5. The fourth-order valence-electron chi connectivity index (χ4n) is 3.14. The van der Waals surface area contributed by atoms with Crippen LogP contribution in [0.4, 0.5) is 5.69 Å². The Kier molecular flexibility index (Phi) is 8.01. The van der Waals surface area contributed by atoms with Crippen molar-refractivity contribution >= 4 is 11.6 Å². The second kappa shape index (κ2) is 10.3. The van der Waals surface area contributed by atoms with Crippen LogP contribution < -0.4 is 20.1 Å². The highest BCUT2D eigenvalue weighted by molar-refractivity contribution is 5.91. The molecule has 6 heteroatoms. The average Bonchev–Trinajstić information content (AvgIpc) is 2.63. The summed E-state index contributed by atoms with van der Waals surface area (Å²) in [5.74, 6) is 2.20. The fraction of sp³-hybridized carbons (Fsp3) is 0.632. The number of carbonyl (C=O) groups excluding carboxylic acids is 1. The number of ether oxygens (including phenoxy) is 3. The minimum absolute atomic E-state index is 0.0334. The van der Waals surface area contributed by atoms with Gasteiger partial charge in [-0.15, -0.1) is 0 Å². The van der Waals surface area contributed by atoms with Crippen molar-refractivity contribution in [3.05, 3.63) is 18.2 Å². The van der Waals surface area contributed by atoms with Gasteiger partial charge in [0.05, 0.1) is 13.7 Å². The molecule has 25 heavy (non-hydrogen) atoms. The summed E-state index contributed by atoms with van der Waals surface area (Å²) in [6.45, 7) is 5.18. The normalized spacial score (nSPS) is 18.4. The van der Waals surface area contributed by atoms with Crippen LogP contribution in [0.1, 0.15) is 26.2 Å². The monoisotopic (exact) mass is 350 g/mol. The maximum Gasteiger partial charge on any atom is 0.224 e. The molecule has 0 aromatic heterocycles. The predicted molar refractivity (Wildman–Crippen MR) is 98.4 cm³/mol. The largest absolute Gasteiger partial charge is 0.493 e. The molecule has 1 aliphatic heterocycles. The Bertz CT molecular complexity index is 544. The third-order valence-corrected chi connectivity index (χ3v) is 4.64. The number of rotatable bonds is 9. The van der Waals surface area contributed by atoms with Crippen LogP contribution in [0.15, 0.2) is 18.2 Å². The van der Waals surface area contributed by atoms with Crippen molar-refractivity contribution in [2.75, 3.05) is 45.8 Å². The van der Waals surface area contributed by atoms with E-state index in [-0.39, 0.29) is 5.91 Å². The zero-order chi connectivity index (χ0) is 18.1. The second-order valence-electron chi connectivity index (χ2n) is 6.54. The number of hydrogen-bond acceptors (Lipinski definition) is 5. The van der Waals surface area contributed by atoms with E-state index in [9.17, 15) is 4.79 Å². The van der Waals surface area contributed by atoms with Gasteiger partial charge in [0.15, 0.2) is 11.5 Å². The molecule has 1 heterocycles. The second-order valence-corrected chi connectivity index (χ2v) is 6.54. The third-order valence-electron chi connectivity index (χ3n) is 4.64. The van der Waals surface area contributed by atoms with Crippen molar-refractivity contribution in [1.82, 2.24) is 5.32 Å². The van der Waals surface area contributed by atoms with Gasteiger partial charge >= 0.3 is 0 Å². The van der Waals surface area contributed by atoms with Crippen LogP contribution in [-0.4, -0.2) is 46.4 Å². The van der Waals surface area contributed by atoms with E-state index in [2.05, 4.69) is 17.6 Å². The Hall–Kier alpha value is -1.79. The van der Waals surface area contributed by atoms with E-state index in [0.29, 0.717) is 48.7 Å². The number of nitrogens with one attached hydrogen (secondary N) is 2. The summed E-state index contributed by atoms with van der Waals surface area (Å²) in [6.07, 6.45) is 2.91. The van der Waals surface area contributed by atoms with Crippen LogP contribution in [0.2, 0.25) is 0 Å². The summed E-state index contributed by atoms with van der Waals surface area (Å²) >= 11 is 0. The van der Waals surface area contributed by atoms with Crippen LogP contribution in [0, 0.1) is 11.8 Å². The van der Waals surface area contributed by atoms with Crippen LogP contribution in [-0.2, 0) is 9.53 Å². The van der Waals surface area contributed by atoms with Crippen molar-refractivity contribution < 1.29 is 19.0 Å². The lowest BCUT2D eigenvalue weighted by Crippen LogP contribution is -2.34. The van der Waals surface area contributed by atoms with Gasteiger partial charge in [-0.05, 0) is 49.9 Å². The first-order valence-corrected chi connectivity index (χ1v) is 8.94. The highest BCUT2D eigenvalue weighted by Crippen LogP contribution is 2.30. The van der Waals surface area contributed by atoms with Crippen LogP contribution in [0.3, 0.4) is 0 Å². The molecule has 1 aromatic rings. The number of piperidine rings is 1. The van der Waals surface area contributed by atoms with Gasteiger partial charge in [-0.25, -0.2) is 0 Å². The van der Waals surface area contributed by atoms with Crippen LogP contribution >= 0.6 is 0 Å². The molecule has 6 nitrogen and oxygen atoms in total. The van der Waals surface area contributed by atoms with E-state index in [4.69, 9.17) is 14.2 Å². The quantitative estimate of drug-likeness (QED) is 0.670. The van der Waals surface area contributed by atoms with E-state index in [1.807, 2.05) is 6.07 Å². The van der Waals surface area contributed by atoms with Crippen molar-refractivity contribution in [3.8, 4) is 11.5 Å². The first-order chi connectivity index (χ1) is 12.1. The van der Waals surface area contributed by atoms with E-state index in [1.165, 1.54) is 12.8 Å². The number of benzene rings is 1. The SMILES string of the molecule is COCCOc1cc(NC(=O)CC(C)C2CCCNC2)ccc1OC. The first-order valence-electron chi connectivity index (χ1n) is 8.94. The third kappa shape index (κ3) is 6.21. The van der Waals surface area contributed by atoms with Gasteiger partial charge < -0.3 is 24.8 Å². The molecule has 1 aromatic carbocycles. The van der Waals surface area contributed by atoms with Gasteiger partial charge in [-0.1, -0.05) is 6.92 Å². The summed E-state index contributed by atoms with van der Waals surface area (Å²) in [7, 11) is 3.22. The highest BCUT2D eigenvalue weighted by Gasteiger charge is 2.22. The number of carbonyl (C=O) groups is 1. The Labute approximate surface area is 150 Å². The molecule has 0 saturated carbocycles. The summed E-state index contributed by atoms with van der Waals surface area (Å²) < 4.78 is 15.9. The van der Waals surface area contributed by atoms with Crippen molar-refractivity contribution in [3.63, 3.8) is 0 Å². The fourth-order valence-corrected chi connectivity index (χ4v) is 3.14. The van der Waals surface area contributed by atoms with Crippen LogP contribution in [0.5, 0.6) is 11.5 Å². The maximum absolute atomic E-state index is 12.4. The maximum atomic E-state index is 12.4. The smallest absolute Gasteiger partial charge is 0.224 e. The number of hydrogen-bond donors (Lipinski definition) is 2. The van der Waals surface area contributed by atoms with E-state index < -0.39 is 0 Å². The summed E-state index contributed by atoms with van der Waals surface area (Å²) in [5.41, 5.74) is 0.715. The minimum atomic E-state index is 0.0334. The number of amides is 1. The molecule has 0 radical (unpaired) electrons. The van der Waals surface area contributed by atoms with Gasteiger partial charge in [0, 0.05) is 25.3 Å². The van der Waals surface area contributed by atoms with Crippen molar-refractivity contribution in [2.24, 2.45) is 11.8 Å². The topological polar surface area (TPSA) is 68.8 Å². The predicted octanol–water partition coefficient (Wildman–Crippen LogP) is 2.68. The van der Waals surface area contributed by atoms with Gasteiger partial charge in [0.2, 0.25) is 5.91 Å². The molecule has 2 rings (SSSR count). The van der Waals surface area contributed by atoms with Gasteiger partial charge in [-0.3, -0.25) is 4.79 Å². The highest BCUT2D eigenvalue weighted by atomic mass is 16.5. The molecule has 1 saturated heterocycles. The van der Waals surface area contributed by atoms with Gasteiger partial charge in [0.1, 0.15) is 6.61 Å². The molecule has 0 bridgehead atoms. The number of methoxy groups -OCH3 is 2. The average molecular weight is 350 g/mol. The number of anilines is 1. The summed E-state index contributed by atoms with van der Waals surface area (Å²) in [6, 6.07) is 5.41. The van der Waals surface area contributed by atoms with Crippen molar-refractivity contribution in [2.45, 2.75) is 26.2 Å². The molecule has 1 fully saturated rings. The molecule has 0 spiro atoms.